The average molecular weight is 319 g/mol. The molecule has 1 heterocycles. The van der Waals surface area contributed by atoms with Crippen molar-refractivity contribution in [1.29, 1.82) is 0 Å². The molecule has 2 aromatic rings. The van der Waals surface area contributed by atoms with Gasteiger partial charge >= 0.3 is 0 Å². The molecule has 0 saturated carbocycles. The standard InChI is InChI=1S/C15H15BrN2O/c1-10-7-12(15(19)14(16)11(10)2)8-17-9-13-5-3-4-6-18-13/h3-8,19H,9H2,1-2H3/b17-8+. The Hall–Kier alpha value is -1.68. The lowest BCUT2D eigenvalue weighted by atomic mass is 10.1. The Kier molecular flexibility index (Phi) is 4.32. The lowest BCUT2D eigenvalue weighted by molar-refractivity contribution is 0.470. The van der Waals surface area contributed by atoms with Gasteiger partial charge in [-0.25, -0.2) is 0 Å². The summed E-state index contributed by atoms with van der Waals surface area (Å²) < 4.78 is 0.729. The summed E-state index contributed by atoms with van der Waals surface area (Å²) in [6.07, 6.45) is 3.43. The number of aliphatic imine (C=N–C) groups is 1. The third-order valence-corrected chi connectivity index (χ3v) is 3.95. The highest BCUT2D eigenvalue weighted by molar-refractivity contribution is 9.10. The molecule has 0 aliphatic rings. The minimum Gasteiger partial charge on any atom is -0.506 e. The summed E-state index contributed by atoms with van der Waals surface area (Å²) in [4.78, 5) is 8.51. The Bertz CT molecular complexity index is 609. The SMILES string of the molecule is Cc1cc(/C=N/Cc2ccccn2)c(O)c(Br)c1C. The van der Waals surface area contributed by atoms with E-state index in [1.165, 1.54) is 0 Å². The molecular formula is C15H15BrN2O. The topological polar surface area (TPSA) is 45.5 Å². The monoisotopic (exact) mass is 318 g/mol. The van der Waals surface area contributed by atoms with Crippen LogP contribution < -0.4 is 0 Å². The second-order valence-corrected chi connectivity index (χ2v) is 5.15. The largest absolute Gasteiger partial charge is 0.506 e. The van der Waals surface area contributed by atoms with Gasteiger partial charge in [0.05, 0.1) is 16.7 Å². The van der Waals surface area contributed by atoms with Crippen molar-refractivity contribution in [2.45, 2.75) is 20.4 Å². The van der Waals surface area contributed by atoms with Crippen molar-refractivity contribution in [2.24, 2.45) is 4.99 Å². The molecule has 0 aliphatic heterocycles. The van der Waals surface area contributed by atoms with E-state index in [9.17, 15) is 5.11 Å². The molecule has 19 heavy (non-hydrogen) atoms. The Balaban J connectivity index is 2.20. The van der Waals surface area contributed by atoms with Crippen LogP contribution >= 0.6 is 15.9 Å². The minimum atomic E-state index is 0.230. The third-order valence-electron chi connectivity index (χ3n) is 2.98. The van der Waals surface area contributed by atoms with E-state index in [0.717, 1.165) is 21.3 Å². The summed E-state index contributed by atoms with van der Waals surface area (Å²) in [6, 6.07) is 7.66. The number of aryl methyl sites for hydroxylation is 1. The first kappa shape index (κ1) is 13.7. The van der Waals surface area contributed by atoms with Gasteiger partial charge in [0.1, 0.15) is 5.75 Å². The fourth-order valence-corrected chi connectivity index (χ4v) is 2.26. The van der Waals surface area contributed by atoms with Crippen molar-refractivity contribution in [3.8, 4) is 5.75 Å². The highest BCUT2D eigenvalue weighted by Crippen LogP contribution is 2.32. The number of hydrogen-bond donors (Lipinski definition) is 1. The van der Waals surface area contributed by atoms with E-state index in [-0.39, 0.29) is 5.75 Å². The summed E-state index contributed by atoms with van der Waals surface area (Å²) in [5.41, 5.74) is 3.77. The smallest absolute Gasteiger partial charge is 0.138 e. The van der Waals surface area contributed by atoms with Crippen LogP contribution in [0.15, 0.2) is 39.9 Å². The molecule has 1 aromatic heterocycles. The third kappa shape index (κ3) is 3.20. The van der Waals surface area contributed by atoms with Gasteiger partial charge in [-0.2, -0.15) is 0 Å². The van der Waals surface area contributed by atoms with Crippen molar-refractivity contribution in [3.63, 3.8) is 0 Å². The fourth-order valence-electron chi connectivity index (χ4n) is 1.71. The number of halogens is 1. The van der Waals surface area contributed by atoms with Crippen molar-refractivity contribution in [3.05, 3.63) is 57.3 Å². The van der Waals surface area contributed by atoms with Crippen molar-refractivity contribution >= 4 is 22.1 Å². The summed E-state index contributed by atoms with van der Waals surface area (Å²) in [7, 11) is 0. The van der Waals surface area contributed by atoms with Crippen molar-refractivity contribution in [1.82, 2.24) is 4.98 Å². The number of rotatable bonds is 3. The Labute approximate surface area is 121 Å². The number of phenolic OH excluding ortho intramolecular Hbond substituents is 1. The molecule has 0 aliphatic carbocycles. The van der Waals surface area contributed by atoms with Gasteiger partial charge in [-0.05, 0) is 59.1 Å². The molecule has 0 atom stereocenters. The molecule has 2 rings (SSSR count). The van der Waals surface area contributed by atoms with E-state index < -0.39 is 0 Å². The van der Waals surface area contributed by atoms with E-state index in [2.05, 4.69) is 25.9 Å². The number of aromatic nitrogens is 1. The van der Waals surface area contributed by atoms with Gasteiger partial charge in [0, 0.05) is 18.0 Å². The molecule has 0 radical (unpaired) electrons. The summed E-state index contributed by atoms with van der Waals surface area (Å²) in [5, 5.41) is 10.0. The van der Waals surface area contributed by atoms with Crippen LogP contribution in [0.2, 0.25) is 0 Å². The van der Waals surface area contributed by atoms with Crippen LogP contribution in [-0.4, -0.2) is 16.3 Å². The Morgan fingerprint density at radius 2 is 2.16 bits per heavy atom. The zero-order valence-corrected chi connectivity index (χ0v) is 12.5. The molecule has 3 nitrogen and oxygen atoms in total. The van der Waals surface area contributed by atoms with E-state index in [4.69, 9.17) is 0 Å². The predicted octanol–water partition coefficient (Wildman–Crippen LogP) is 3.79. The maximum atomic E-state index is 10.0. The molecule has 0 bridgehead atoms. The van der Waals surface area contributed by atoms with Gasteiger partial charge in [0.25, 0.3) is 0 Å². The molecule has 1 N–H and O–H groups in total. The van der Waals surface area contributed by atoms with Gasteiger partial charge in [-0.15, -0.1) is 0 Å². The van der Waals surface area contributed by atoms with Crippen LogP contribution in [-0.2, 0) is 6.54 Å². The zero-order valence-electron chi connectivity index (χ0n) is 10.9. The van der Waals surface area contributed by atoms with Crippen LogP contribution in [0.1, 0.15) is 22.4 Å². The van der Waals surface area contributed by atoms with E-state index in [1.54, 1.807) is 12.4 Å². The number of pyridine rings is 1. The summed E-state index contributed by atoms with van der Waals surface area (Å²) in [6.45, 7) is 4.48. The van der Waals surface area contributed by atoms with Gasteiger partial charge in [-0.3, -0.25) is 9.98 Å². The molecule has 98 valence electrons. The van der Waals surface area contributed by atoms with Crippen LogP contribution in [0.4, 0.5) is 0 Å². The molecule has 1 aromatic carbocycles. The maximum Gasteiger partial charge on any atom is 0.138 e. The lowest BCUT2D eigenvalue weighted by Crippen LogP contribution is -1.92. The quantitative estimate of drug-likeness (QED) is 0.875. The van der Waals surface area contributed by atoms with Crippen LogP contribution in [0.25, 0.3) is 0 Å². The zero-order chi connectivity index (χ0) is 13.8. The van der Waals surface area contributed by atoms with Crippen molar-refractivity contribution in [2.75, 3.05) is 0 Å². The maximum absolute atomic E-state index is 10.0. The van der Waals surface area contributed by atoms with E-state index in [0.29, 0.717) is 12.1 Å². The van der Waals surface area contributed by atoms with Gasteiger partial charge < -0.3 is 5.11 Å². The van der Waals surface area contributed by atoms with Gasteiger partial charge in [0.2, 0.25) is 0 Å². The second-order valence-electron chi connectivity index (χ2n) is 4.36. The Morgan fingerprint density at radius 1 is 1.37 bits per heavy atom. The summed E-state index contributed by atoms with van der Waals surface area (Å²) >= 11 is 3.39. The number of aromatic hydroxyl groups is 1. The van der Waals surface area contributed by atoms with Crippen LogP contribution in [0.5, 0.6) is 5.75 Å². The van der Waals surface area contributed by atoms with E-state index in [1.807, 2.05) is 38.1 Å². The van der Waals surface area contributed by atoms with E-state index >= 15 is 0 Å². The first-order valence-electron chi connectivity index (χ1n) is 5.98. The second kappa shape index (κ2) is 5.97. The first-order valence-corrected chi connectivity index (χ1v) is 6.77. The molecule has 0 amide bonds. The van der Waals surface area contributed by atoms with Crippen molar-refractivity contribution < 1.29 is 5.11 Å². The first-order chi connectivity index (χ1) is 9.09. The number of nitrogens with zero attached hydrogens (tertiary/aromatic N) is 2. The normalized spacial score (nSPS) is 11.1. The lowest BCUT2D eigenvalue weighted by Gasteiger charge is -2.08. The van der Waals surface area contributed by atoms with Gasteiger partial charge in [0.15, 0.2) is 0 Å². The van der Waals surface area contributed by atoms with Crippen LogP contribution in [0.3, 0.4) is 0 Å². The minimum absolute atomic E-state index is 0.230. The van der Waals surface area contributed by atoms with Crippen LogP contribution in [0, 0.1) is 13.8 Å². The molecule has 0 fully saturated rings. The highest BCUT2D eigenvalue weighted by atomic mass is 79.9. The molecule has 0 unspecified atom stereocenters. The average Bonchev–Trinajstić information content (AvgIpc) is 2.43. The molecular weight excluding hydrogens is 304 g/mol. The van der Waals surface area contributed by atoms with Gasteiger partial charge in [-0.1, -0.05) is 6.07 Å². The predicted molar refractivity (Wildman–Crippen MR) is 80.8 cm³/mol. The summed E-state index contributed by atoms with van der Waals surface area (Å²) in [5.74, 6) is 0.230. The number of phenols is 1. The molecule has 0 saturated heterocycles. The number of hydrogen-bond acceptors (Lipinski definition) is 3. The number of benzene rings is 1. The highest BCUT2D eigenvalue weighted by Gasteiger charge is 2.09. The molecule has 4 heteroatoms. The molecule has 0 spiro atoms. The fraction of sp³-hybridized carbons (Fsp3) is 0.200. The Morgan fingerprint density at radius 3 is 2.84 bits per heavy atom.